The Morgan fingerprint density at radius 2 is 1.67 bits per heavy atom. The number of likely N-dealkylation sites (N-methyl/N-ethyl adjacent to an activating group) is 1. The highest BCUT2D eigenvalue weighted by atomic mass is 35.5. The Kier molecular flexibility index (Phi) is 7.03. The van der Waals surface area contributed by atoms with Crippen LogP contribution in [0, 0.1) is 5.82 Å². The molecule has 0 aromatic heterocycles. The first-order valence-corrected chi connectivity index (χ1v) is 9.57. The van der Waals surface area contributed by atoms with Crippen LogP contribution in [-0.2, 0) is 11.4 Å². The number of nitrogens with one attached hydrogen (secondary N) is 1. The van der Waals surface area contributed by atoms with Gasteiger partial charge in [0.15, 0.2) is 0 Å². The molecule has 2 amide bonds. The summed E-state index contributed by atoms with van der Waals surface area (Å²) in [5.74, 6) is -0.626. The zero-order valence-corrected chi connectivity index (χ0v) is 17.0. The second kappa shape index (κ2) is 9.89. The van der Waals surface area contributed by atoms with Crippen LogP contribution in [0.25, 0.3) is 0 Å². The van der Waals surface area contributed by atoms with Crippen LogP contribution in [0.4, 0.5) is 10.1 Å². The van der Waals surface area contributed by atoms with Gasteiger partial charge in [0.25, 0.3) is 5.91 Å². The lowest BCUT2D eigenvalue weighted by Crippen LogP contribution is -2.35. The third-order valence-corrected chi connectivity index (χ3v) is 4.53. The fourth-order valence-corrected chi connectivity index (χ4v) is 2.86. The molecule has 0 radical (unpaired) electrons. The van der Waals surface area contributed by atoms with E-state index in [1.165, 1.54) is 17.0 Å². The van der Waals surface area contributed by atoms with Gasteiger partial charge in [0.2, 0.25) is 5.91 Å². The van der Waals surface area contributed by atoms with E-state index in [9.17, 15) is 14.0 Å². The molecular formula is C23H20ClFN2O3. The second-order valence-electron chi connectivity index (χ2n) is 6.63. The molecule has 30 heavy (non-hydrogen) atoms. The van der Waals surface area contributed by atoms with Gasteiger partial charge < -0.3 is 15.0 Å². The summed E-state index contributed by atoms with van der Waals surface area (Å²) in [6.45, 7) is 0.0547. The number of hydrogen-bond acceptors (Lipinski definition) is 3. The van der Waals surface area contributed by atoms with Crippen molar-refractivity contribution < 1.29 is 18.7 Å². The number of nitrogens with zero attached hydrogens (tertiary/aromatic N) is 1. The summed E-state index contributed by atoms with van der Waals surface area (Å²) in [6.07, 6.45) is 0. The van der Waals surface area contributed by atoms with E-state index in [0.717, 1.165) is 5.56 Å². The maximum absolute atomic E-state index is 13.0. The number of para-hydroxylation sites is 1. The predicted octanol–water partition coefficient (Wildman–Crippen LogP) is 4.77. The first-order chi connectivity index (χ1) is 14.4. The highest BCUT2D eigenvalue weighted by molar-refractivity contribution is 6.30. The summed E-state index contributed by atoms with van der Waals surface area (Å²) in [7, 11) is 1.54. The van der Waals surface area contributed by atoms with Crippen LogP contribution in [0.3, 0.4) is 0 Å². The van der Waals surface area contributed by atoms with Gasteiger partial charge in [0.1, 0.15) is 18.2 Å². The molecule has 0 saturated heterocycles. The van der Waals surface area contributed by atoms with Crippen LogP contribution in [0.15, 0.2) is 72.8 Å². The number of ether oxygens (including phenoxy) is 1. The first kappa shape index (κ1) is 21.3. The fraction of sp³-hybridized carbons (Fsp3) is 0.130. The van der Waals surface area contributed by atoms with Crippen LogP contribution in [0.5, 0.6) is 5.75 Å². The Morgan fingerprint density at radius 3 is 2.37 bits per heavy atom. The van der Waals surface area contributed by atoms with Gasteiger partial charge in [-0.3, -0.25) is 9.59 Å². The molecule has 7 heteroatoms. The normalized spacial score (nSPS) is 10.4. The molecule has 0 aliphatic heterocycles. The van der Waals surface area contributed by atoms with E-state index in [2.05, 4.69) is 5.32 Å². The van der Waals surface area contributed by atoms with E-state index >= 15 is 0 Å². The molecule has 0 heterocycles. The number of amides is 2. The van der Waals surface area contributed by atoms with Crippen molar-refractivity contribution in [2.75, 3.05) is 18.9 Å². The Balaban J connectivity index is 1.63. The minimum atomic E-state index is -0.351. The van der Waals surface area contributed by atoms with E-state index in [4.69, 9.17) is 16.3 Å². The molecule has 0 bridgehead atoms. The highest BCUT2D eigenvalue weighted by Gasteiger charge is 2.19. The summed E-state index contributed by atoms with van der Waals surface area (Å²) in [5, 5.41) is 3.29. The Hall–Kier alpha value is -3.38. The minimum Gasteiger partial charge on any atom is -0.488 e. The van der Waals surface area contributed by atoms with Gasteiger partial charge in [0.05, 0.1) is 12.1 Å². The van der Waals surface area contributed by atoms with Crippen molar-refractivity contribution in [1.29, 1.82) is 0 Å². The van der Waals surface area contributed by atoms with E-state index in [0.29, 0.717) is 22.0 Å². The van der Waals surface area contributed by atoms with Crippen LogP contribution >= 0.6 is 11.6 Å². The Bertz CT molecular complexity index is 1020. The molecular weight excluding hydrogens is 407 g/mol. The lowest BCUT2D eigenvalue weighted by Gasteiger charge is -2.19. The third kappa shape index (κ3) is 5.81. The summed E-state index contributed by atoms with van der Waals surface area (Å²) in [4.78, 5) is 26.4. The van der Waals surface area contributed by atoms with Crippen LogP contribution in [-0.4, -0.2) is 30.3 Å². The fourth-order valence-electron chi connectivity index (χ4n) is 2.74. The molecule has 3 aromatic rings. The van der Waals surface area contributed by atoms with Gasteiger partial charge >= 0.3 is 0 Å². The summed E-state index contributed by atoms with van der Waals surface area (Å²) in [6, 6.07) is 19.4. The van der Waals surface area contributed by atoms with Crippen molar-refractivity contribution in [3.05, 3.63) is 94.8 Å². The molecule has 0 aliphatic carbocycles. The van der Waals surface area contributed by atoms with Crippen molar-refractivity contribution in [3.63, 3.8) is 0 Å². The number of carbonyl (C=O) groups is 2. The number of halogens is 2. The number of rotatable bonds is 7. The summed E-state index contributed by atoms with van der Waals surface area (Å²) in [5.41, 5.74) is 1.70. The minimum absolute atomic E-state index is 0.131. The maximum atomic E-state index is 13.0. The van der Waals surface area contributed by atoms with E-state index in [1.54, 1.807) is 67.7 Å². The van der Waals surface area contributed by atoms with Crippen molar-refractivity contribution in [1.82, 2.24) is 4.90 Å². The zero-order chi connectivity index (χ0) is 21.5. The van der Waals surface area contributed by atoms with Crippen molar-refractivity contribution >= 4 is 29.1 Å². The standard InChI is InChI=1S/C23H20ClFN2O3/c1-27(14-22(28)26-19-12-8-17(24)9-13-19)23(29)20-4-2-3-5-21(20)30-15-16-6-10-18(25)11-7-16/h2-13H,14-15H2,1H3,(H,26,28). The van der Waals surface area contributed by atoms with Crippen LogP contribution < -0.4 is 10.1 Å². The number of carbonyl (C=O) groups excluding carboxylic acids is 2. The molecule has 0 unspecified atom stereocenters. The van der Waals surface area contributed by atoms with Crippen LogP contribution in [0.1, 0.15) is 15.9 Å². The van der Waals surface area contributed by atoms with Gasteiger partial charge in [-0.05, 0) is 54.1 Å². The molecule has 5 nitrogen and oxygen atoms in total. The van der Waals surface area contributed by atoms with Crippen molar-refractivity contribution in [2.45, 2.75) is 6.61 Å². The molecule has 3 aromatic carbocycles. The molecule has 1 N–H and O–H groups in total. The monoisotopic (exact) mass is 426 g/mol. The lowest BCUT2D eigenvalue weighted by molar-refractivity contribution is -0.116. The average Bonchev–Trinajstić information content (AvgIpc) is 2.74. The molecule has 0 saturated carbocycles. The number of anilines is 1. The lowest BCUT2D eigenvalue weighted by atomic mass is 10.1. The van der Waals surface area contributed by atoms with Crippen molar-refractivity contribution in [2.24, 2.45) is 0 Å². The maximum Gasteiger partial charge on any atom is 0.257 e. The molecule has 0 fully saturated rings. The summed E-state index contributed by atoms with van der Waals surface area (Å²) < 4.78 is 18.8. The van der Waals surface area contributed by atoms with E-state index < -0.39 is 0 Å². The van der Waals surface area contributed by atoms with Gasteiger partial charge in [-0.1, -0.05) is 35.9 Å². The topological polar surface area (TPSA) is 58.6 Å². The van der Waals surface area contributed by atoms with Gasteiger partial charge in [-0.2, -0.15) is 0 Å². The third-order valence-electron chi connectivity index (χ3n) is 4.28. The quantitative estimate of drug-likeness (QED) is 0.592. The second-order valence-corrected chi connectivity index (χ2v) is 7.06. The molecule has 3 rings (SSSR count). The molecule has 0 spiro atoms. The van der Waals surface area contributed by atoms with Gasteiger partial charge in [0, 0.05) is 17.8 Å². The number of hydrogen-bond donors (Lipinski definition) is 1. The largest absolute Gasteiger partial charge is 0.488 e. The average molecular weight is 427 g/mol. The summed E-state index contributed by atoms with van der Waals surface area (Å²) >= 11 is 5.83. The van der Waals surface area contributed by atoms with Crippen molar-refractivity contribution in [3.8, 4) is 5.75 Å². The highest BCUT2D eigenvalue weighted by Crippen LogP contribution is 2.21. The predicted molar refractivity (Wildman–Crippen MR) is 114 cm³/mol. The smallest absolute Gasteiger partial charge is 0.257 e. The Labute approximate surface area is 179 Å². The first-order valence-electron chi connectivity index (χ1n) is 9.19. The molecule has 0 atom stereocenters. The molecule has 154 valence electrons. The number of benzene rings is 3. The SMILES string of the molecule is CN(CC(=O)Nc1ccc(Cl)cc1)C(=O)c1ccccc1OCc1ccc(F)cc1. The zero-order valence-electron chi connectivity index (χ0n) is 16.3. The van der Waals surface area contributed by atoms with E-state index in [-0.39, 0.29) is 30.8 Å². The Morgan fingerprint density at radius 1 is 1.00 bits per heavy atom. The van der Waals surface area contributed by atoms with Crippen LogP contribution in [0.2, 0.25) is 5.02 Å². The van der Waals surface area contributed by atoms with Gasteiger partial charge in [-0.15, -0.1) is 0 Å². The van der Waals surface area contributed by atoms with E-state index in [1.807, 2.05) is 0 Å². The molecule has 0 aliphatic rings. The van der Waals surface area contributed by atoms with Gasteiger partial charge in [-0.25, -0.2) is 4.39 Å².